The average molecular weight is 538 g/mol. The van der Waals surface area contributed by atoms with E-state index in [0.717, 1.165) is 36.8 Å². The van der Waals surface area contributed by atoms with Crippen LogP contribution in [0.2, 0.25) is 0 Å². The highest BCUT2D eigenvalue weighted by Gasteiger charge is 2.56. The lowest BCUT2D eigenvalue weighted by molar-refractivity contribution is -0.135. The van der Waals surface area contributed by atoms with Crippen molar-refractivity contribution in [3.8, 4) is 11.1 Å². The molecule has 2 aromatic rings. The largest absolute Gasteiger partial charge is 0.453 e. The molecule has 3 fully saturated rings. The van der Waals surface area contributed by atoms with E-state index < -0.39 is 12.1 Å². The van der Waals surface area contributed by atoms with Gasteiger partial charge < -0.3 is 15.0 Å². The van der Waals surface area contributed by atoms with Crippen LogP contribution in [-0.4, -0.2) is 47.8 Å². The summed E-state index contributed by atoms with van der Waals surface area (Å²) in [7, 11) is 1.33. The molecule has 2 saturated carbocycles. The minimum Gasteiger partial charge on any atom is -0.453 e. The van der Waals surface area contributed by atoms with Crippen molar-refractivity contribution in [2.24, 2.45) is 22.7 Å². The molecule has 0 radical (unpaired) electrons. The van der Waals surface area contributed by atoms with Gasteiger partial charge in [-0.25, -0.2) is 4.79 Å². The summed E-state index contributed by atoms with van der Waals surface area (Å²) in [6.07, 6.45) is 8.15. The van der Waals surface area contributed by atoms with Gasteiger partial charge >= 0.3 is 6.09 Å². The number of nitrogens with one attached hydrogen (secondary N) is 1. The van der Waals surface area contributed by atoms with E-state index in [1.165, 1.54) is 54.2 Å². The monoisotopic (exact) mass is 537 g/mol. The molecule has 2 heterocycles. The summed E-state index contributed by atoms with van der Waals surface area (Å²) in [5.74, 6) is 2.09. The number of aliphatic imine (C=N–C) groups is 1. The van der Waals surface area contributed by atoms with Gasteiger partial charge in [0.25, 0.3) is 0 Å². The summed E-state index contributed by atoms with van der Waals surface area (Å²) in [5, 5.41) is 2.77. The molecule has 6 heteroatoms. The van der Waals surface area contributed by atoms with E-state index in [1.807, 2.05) is 24.9 Å². The Balaban J connectivity index is 1.07. The van der Waals surface area contributed by atoms with Crippen molar-refractivity contribution in [2.75, 3.05) is 7.11 Å². The molecule has 1 N–H and O–H groups in total. The SMILES string of the molecule is COC(=O)N[C@H](C(=O)N1C2CC2C[C@H]1C1=NC=C(c2ccc(-c3ccc(C)c4c3C3CCC3C4)cc2)C1)C(C)C. The standard InChI is InChI=1S/C34H39N3O3/c1-18(2)32(36-34(39)40-4)33(38)37-29-15-23(29)16-30(37)28-14-24(17-35-28)20-6-8-21(9-7-20)25-11-5-19(3)27-13-22-10-12-26(22)31(25)27/h5-9,11,17-18,22-23,26,29-30,32H,10,12-16H2,1-4H3,(H,36,39)/t22?,23?,26?,29?,30-,32-/m0/s1. The van der Waals surface area contributed by atoms with E-state index >= 15 is 0 Å². The summed E-state index contributed by atoms with van der Waals surface area (Å²) < 4.78 is 4.79. The number of benzene rings is 2. The minimum absolute atomic E-state index is 0.00413. The number of allylic oxidation sites excluding steroid dienone is 1. The number of carbonyl (C=O) groups excluding carboxylic acids is 2. The van der Waals surface area contributed by atoms with Crippen LogP contribution in [0.3, 0.4) is 0 Å². The highest BCUT2D eigenvalue weighted by atomic mass is 16.5. The smallest absolute Gasteiger partial charge is 0.407 e. The fraction of sp³-hybridized carbons (Fsp3) is 0.500. The van der Waals surface area contributed by atoms with E-state index in [9.17, 15) is 9.59 Å². The second-order valence-corrected chi connectivity index (χ2v) is 12.9. The van der Waals surface area contributed by atoms with Gasteiger partial charge in [0, 0.05) is 24.4 Å². The molecule has 5 aliphatic rings. The second-order valence-electron chi connectivity index (χ2n) is 12.9. The van der Waals surface area contributed by atoms with Crippen LogP contribution < -0.4 is 5.32 Å². The van der Waals surface area contributed by atoms with Crippen LogP contribution in [-0.2, 0) is 16.0 Å². The van der Waals surface area contributed by atoms with Gasteiger partial charge in [0.05, 0.1) is 13.2 Å². The van der Waals surface area contributed by atoms with Crippen LogP contribution in [0.25, 0.3) is 16.7 Å². The lowest BCUT2D eigenvalue weighted by Gasteiger charge is -2.33. The number of rotatable bonds is 6. The molecule has 0 bridgehead atoms. The van der Waals surface area contributed by atoms with Gasteiger partial charge in [-0.2, -0.15) is 0 Å². The Bertz CT molecular complexity index is 1440. The number of hydrogen-bond acceptors (Lipinski definition) is 4. The molecule has 0 spiro atoms. The van der Waals surface area contributed by atoms with Crippen molar-refractivity contribution in [1.82, 2.24) is 10.2 Å². The van der Waals surface area contributed by atoms with Gasteiger partial charge in [0.1, 0.15) is 6.04 Å². The van der Waals surface area contributed by atoms with Crippen molar-refractivity contribution in [2.45, 2.75) is 83.3 Å². The van der Waals surface area contributed by atoms with Gasteiger partial charge in [-0.3, -0.25) is 9.79 Å². The lowest BCUT2D eigenvalue weighted by atomic mass is 9.73. The third-order valence-electron chi connectivity index (χ3n) is 10.3. The Hall–Kier alpha value is -3.41. The number of nitrogens with zero attached hydrogens (tertiary/aromatic N) is 2. The summed E-state index contributed by atoms with van der Waals surface area (Å²) in [6, 6.07) is 13.3. The highest BCUT2D eigenvalue weighted by Crippen LogP contribution is 2.55. The van der Waals surface area contributed by atoms with Gasteiger partial charge in [0.2, 0.25) is 5.91 Å². The molecular weight excluding hydrogens is 498 g/mol. The van der Waals surface area contributed by atoms with Crippen LogP contribution in [0, 0.1) is 24.7 Å². The second kappa shape index (κ2) is 9.60. The van der Waals surface area contributed by atoms with Crippen molar-refractivity contribution in [3.05, 3.63) is 64.9 Å². The van der Waals surface area contributed by atoms with Crippen molar-refractivity contribution < 1.29 is 14.3 Å². The summed E-state index contributed by atoms with van der Waals surface area (Å²) in [6.45, 7) is 6.18. The van der Waals surface area contributed by atoms with Gasteiger partial charge in [-0.05, 0) is 102 Å². The Morgan fingerprint density at radius 1 is 1.02 bits per heavy atom. The molecular formula is C34H39N3O3. The summed E-state index contributed by atoms with van der Waals surface area (Å²) >= 11 is 0. The van der Waals surface area contributed by atoms with Crippen LogP contribution in [0.1, 0.15) is 74.1 Å². The fourth-order valence-electron chi connectivity index (χ4n) is 7.80. The Labute approximate surface area is 236 Å². The highest BCUT2D eigenvalue weighted by molar-refractivity contribution is 6.04. The zero-order valence-electron chi connectivity index (χ0n) is 23.9. The molecule has 6 nitrogen and oxygen atoms in total. The molecule has 3 aliphatic carbocycles. The molecule has 40 heavy (non-hydrogen) atoms. The number of carbonyl (C=O) groups is 2. The molecule has 7 rings (SSSR count). The van der Waals surface area contributed by atoms with E-state index in [1.54, 1.807) is 11.1 Å². The number of aryl methyl sites for hydroxylation is 1. The first-order chi connectivity index (χ1) is 19.3. The third-order valence-corrected chi connectivity index (χ3v) is 10.3. The van der Waals surface area contributed by atoms with Gasteiger partial charge in [-0.15, -0.1) is 0 Å². The first-order valence-corrected chi connectivity index (χ1v) is 15.0. The quantitative estimate of drug-likeness (QED) is 0.472. The van der Waals surface area contributed by atoms with Crippen LogP contribution in [0.15, 0.2) is 47.6 Å². The summed E-state index contributed by atoms with van der Waals surface area (Å²) in [4.78, 5) is 32.5. The number of likely N-dealkylation sites (tertiary alicyclic amines) is 1. The molecule has 4 unspecified atom stereocenters. The van der Waals surface area contributed by atoms with E-state index in [-0.39, 0.29) is 23.9 Å². The first-order valence-electron chi connectivity index (χ1n) is 15.0. The molecule has 6 atom stereocenters. The molecule has 208 valence electrons. The van der Waals surface area contributed by atoms with Gasteiger partial charge in [0.15, 0.2) is 0 Å². The van der Waals surface area contributed by atoms with E-state index in [0.29, 0.717) is 5.92 Å². The Morgan fingerprint density at radius 2 is 1.80 bits per heavy atom. The first kappa shape index (κ1) is 25.6. The Kier molecular flexibility index (Phi) is 6.13. The fourth-order valence-corrected chi connectivity index (χ4v) is 7.80. The lowest BCUT2D eigenvalue weighted by Crippen LogP contribution is -2.54. The van der Waals surface area contributed by atoms with Crippen molar-refractivity contribution in [1.29, 1.82) is 0 Å². The number of amides is 2. The molecule has 2 aliphatic heterocycles. The van der Waals surface area contributed by atoms with E-state index in [2.05, 4.69) is 48.6 Å². The van der Waals surface area contributed by atoms with E-state index in [4.69, 9.17) is 9.73 Å². The van der Waals surface area contributed by atoms with Gasteiger partial charge in [-0.1, -0.05) is 50.2 Å². The normalized spacial score (nSPS) is 28.2. The maximum absolute atomic E-state index is 13.7. The average Bonchev–Trinajstić information content (AvgIpc) is 3.24. The summed E-state index contributed by atoms with van der Waals surface area (Å²) in [5.41, 5.74) is 10.8. The number of fused-ring (bicyclic) bond motifs is 4. The maximum Gasteiger partial charge on any atom is 0.407 e. The van der Waals surface area contributed by atoms with Crippen LogP contribution in [0.4, 0.5) is 4.79 Å². The minimum atomic E-state index is -0.602. The Morgan fingerprint density at radius 3 is 2.50 bits per heavy atom. The number of methoxy groups -OCH3 is 1. The molecule has 2 aromatic carbocycles. The third kappa shape index (κ3) is 4.10. The van der Waals surface area contributed by atoms with Crippen molar-refractivity contribution >= 4 is 23.3 Å². The number of piperidine rings is 1. The molecule has 1 saturated heterocycles. The van der Waals surface area contributed by atoms with Crippen LogP contribution >= 0.6 is 0 Å². The number of alkyl carbamates (subject to hydrolysis) is 1. The predicted octanol–water partition coefficient (Wildman–Crippen LogP) is 6.27. The maximum atomic E-state index is 13.7. The molecule has 0 aromatic heterocycles. The van der Waals surface area contributed by atoms with Crippen molar-refractivity contribution in [3.63, 3.8) is 0 Å². The molecule has 2 amide bonds. The zero-order chi connectivity index (χ0) is 27.7. The predicted molar refractivity (Wildman–Crippen MR) is 157 cm³/mol. The van der Waals surface area contributed by atoms with Crippen LogP contribution in [0.5, 0.6) is 0 Å². The zero-order valence-corrected chi connectivity index (χ0v) is 23.9. The number of ether oxygens (including phenoxy) is 1. The topological polar surface area (TPSA) is 71.0 Å². The number of hydrogen-bond donors (Lipinski definition) is 1.